The number of hydrogen-bond acceptors (Lipinski definition) is 8. The van der Waals surface area contributed by atoms with Crippen LogP contribution in [-0.4, -0.2) is 49.7 Å². The zero-order chi connectivity index (χ0) is 22.7. The van der Waals surface area contributed by atoms with Crippen LogP contribution in [-0.2, 0) is 14.2 Å². The average molecular weight is 461 g/mol. The Bertz CT molecular complexity index is 1200. The van der Waals surface area contributed by atoms with Crippen molar-refractivity contribution in [1.29, 1.82) is 0 Å². The number of fused-ring (bicyclic) bond motifs is 2. The summed E-state index contributed by atoms with van der Waals surface area (Å²) >= 11 is 6.21. The van der Waals surface area contributed by atoms with Gasteiger partial charge in [0.2, 0.25) is 0 Å². The number of nitro benzene ring substituents is 1. The van der Waals surface area contributed by atoms with Gasteiger partial charge in [0.25, 0.3) is 5.69 Å². The predicted molar refractivity (Wildman–Crippen MR) is 113 cm³/mol. The van der Waals surface area contributed by atoms with Crippen LogP contribution < -0.4 is 4.74 Å². The molecule has 0 aliphatic carbocycles. The van der Waals surface area contributed by atoms with Crippen molar-refractivity contribution >= 4 is 28.3 Å². The Hall–Kier alpha value is -2.79. The van der Waals surface area contributed by atoms with Gasteiger partial charge >= 0.3 is 0 Å². The molecule has 0 radical (unpaired) electrons. The number of hydrogen-bond donors (Lipinski definition) is 0. The number of rotatable bonds is 5. The molecule has 4 heterocycles. The Morgan fingerprint density at radius 2 is 2.03 bits per heavy atom. The Labute approximate surface area is 188 Å². The fourth-order valence-electron chi connectivity index (χ4n) is 4.27. The van der Waals surface area contributed by atoms with Crippen LogP contribution in [0.1, 0.15) is 27.0 Å². The lowest BCUT2D eigenvalue weighted by Gasteiger charge is -2.31. The third-order valence-corrected chi connectivity index (χ3v) is 5.99. The highest BCUT2D eigenvalue weighted by molar-refractivity contribution is 6.33. The molecule has 2 aromatic heterocycles. The highest BCUT2D eigenvalue weighted by Crippen LogP contribution is 2.49. The van der Waals surface area contributed by atoms with Crippen molar-refractivity contribution < 1.29 is 23.9 Å². The third-order valence-electron chi connectivity index (χ3n) is 5.69. The van der Waals surface area contributed by atoms with Crippen LogP contribution in [0.3, 0.4) is 0 Å². The van der Waals surface area contributed by atoms with Gasteiger partial charge in [-0.15, -0.1) is 0 Å². The smallest absolute Gasteiger partial charge is 0.273 e. The normalized spacial score (nSPS) is 28.7. The van der Waals surface area contributed by atoms with E-state index in [0.717, 1.165) is 0 Å². The van der Waals surface area contributed by atoms with Gasteiger partial charge in [0.15, 0.2) is 12.0 Å². The minimum atomic E-state index is -0.902. The molecule has 0 spiro atoms. The van der Waals surface area contributed by atoms with E-state index in [0.29, 0.717) is 21.9 Å². The van der Waals surface area contributed by atoms with Crippen LogP contribution in [0, 0.1) is 10.1 Å². The molecule has 2 aliphatic rings. The van der Waals surface area contributed by atoms with Crippen LogP contribution in [0.5, 0.6) is 5.75 Å². The second-order valence-corrected chi connectivity index (χ2v) is 8.87. The zero-order valence-corrected chi connectivity index (χ0v) is 18.4. The van der Waals surface area contributed by atoms with E-state index < -0.39 is 34.7 Å². The van der Waals surface area contributed by atoms with Gasteiger partial charge in [0, 0.05) is 12.3 Å². The fourth-order valence-corrected chi connectivity index (χ4v) is 4.46. The van der Waals surface area contributed by atoms with Crippen LogP contribution >= 0.6 is 11.6 Å². The first kappa shape index (κ1) is 21.1. The molecule has 0 saturated carbocycles. The van der Waals surface area contributed by atoms with E-state index >= 15 is 0 Å². The number of non-ortho nitro benzene ring substituents is 1. The third kappa shape index (κ3) is 3.49. The van der Waals surface area contributed by atoms with E-state index in [1.54, 1.807) is 12.1 Å². The summed E-state index contributed by atoms with van der Waals surface area (Å²) in [5.74, 6) is -0.451. The van der Waals surface area contributed by atoms with E-state index in [1.165, 1.54) is 18.5 Å². The summed E-state index contributed by atoms with van der Waals surface area (Å²) < 4.78 is 26.6. The van der Waals surface area contributed by atoms with Crippen LogP contribution in [0.15, 0.2) is 42.9 Å². The maximum Gasteiger partial charge on any atom is 0.273 e. The first-order valence-electron chi connectivity index (χ1n) is 10.0. The monoisotopic (exact) mass is 460 g/mol. The van der Waals surface area contributed by atoms with E-state index in [2.05, 4.69) is 9.97 Å². The molecule has 0 unspecified atom stereocenters. The van der Waals surface area contributed by atoms with E-state index in [1.807, 2.05) is 37.6 Å². The summed E-state index contributed by atoms with van der Waals surface area (Å²) in [7, 11) is 0. The molecule has 0 amide bonds. The number of benzene rings is 1. The van der Waals surface area contributed by atoms with Gasteiger partial charge in [-0.25, -0.2) is 9.97 Å². The minimum Gasteiger partial charge on any atom is -0.490 e. The van der Waals surface area contributed by atoms with Crippen LogP contribution in [0.25, 0.3) is 11.0 Å². The molecule has 32 heavy (non-hydrogen) atoms. The highest BCUT2D eigenvalue weighted by atomic mass is 35.5. The van der Waals surface area contributed by atoms with Gasteiger partial charge in [-0.05, 0) is 32.9 Å². The quantitative estimate of drug-likeness (QED) is 0.320. The SMILES string of the molecule is CC1(C)O[C@H]2[C@H](n3ccc4c(Cl)ncnc43)O[C@](C)(COc3cccc([N+](=O)[O-])c3)[C@@H]2O1. The molecule has 0 bridgehead atoms. The lowest BCUT2D eigenvalue weighted by atomic mass is 9.98. The van der Waals surface area contributed by atoms with Gasteiger partial charge in [-0.2, -0.15) is 0 Å². The number of halogens is 1. The van der Waals surface area contributed by atoms with Crippen molar-refractivity contribution in [2.24, 2.45) is 0 Å². The first-order chi connectivity index (χ1) is 15.2. The van der Waals surface area contributed by atoms with Gasteiger partial charge in [-0.3, -0.25) is 10.1 Å². The number of aromatic nitrogens is 3. The summed E-state index contributed by atoms with van der Waals surface area (Å²) in [6.45, 7) is 5.66. The summed E-state index contributed by atoms with van der Waals surface area (Å²) in [5, 5.41) is 12.1. The highest BCUT2D eigenvalue weighted by Gasteiger charge is 2.62. The summed E-state index contributed by atoms with van der Waals surface area (Å²) in [5.41, 5.74) is -0.333. The second kappa shape index (κ2) is 7.38. The van der Waals surface area contributed by atoms with Crippen molar-refractivity contribution in [3.05, 3.63) is 58.1 Å². The van der Waals surface area contributed by atoms with Crippen LogP contribution in [0.2, 0.25) is 5.15 Å². The molecule has 2 fully saturated rings. The largest absolute Gasteiger partial charge is 0.490 e. The number of nitrogens with zero attached hydrogens (tertiary/aromatic N) is 4. The molecular formula is C21H21ClN4O6. The molecule has 10 nitrogen and oxygen atoms in total. The predicted octanol–water partition coefficient (Wildman–Crippen LogP) is 3.88. The molecular weight excluding hydrogens is 440 g/mol. The summed E-state index contributed by atoms with van der Waals surface area (Å²) in [4.78, 5) is 19.0. The molecule has 1 aromatic carbocycles. The van der Waals surface area contributed by atoms with Crippen molar-refractivity contribution in [2.45, 2.75) is 50.6 Å². The van der Waals surface area contributed by atoms with Gasteiger partial charge in [-0.1, -0.05) is 17.7 Å². The van der Waals surface area contributed by atoms with Gasteiger partial charge < -0.3 is 23.5 Å². The molecule has 2 saturated heterocycles. The lowest BCUT2D eigenvalue weighted by Crippen LogP contribution is -2.45. The fraction of sp³-hybridized carbons (Fsp3) is 0.429. The van der Waals surface area contributed by atoms with Crippen molar-refractivity contribution in [1.82, 2.24) is 14.5 Å². The first-order valence-corrected chi connectivity index (χ1v) is 10.4. The number of nitro groups is 1. The van der Waals surface area contributed by atoms with Gasteiger partial charge in [0.1, 0.15) is 47.3 Å². The molecule has 3 aromatic rings. The standard InChI is InChI=1S/C21H21ClN4O6/c1-20(2)30-15-16(31-20)21(3,10-29-13-6-4-5-12(9-13)26(27)28)32-19(15)25-8-7-14-17(22)23-11-24-18(14)25/h4-9,11,15-16,19H,10H2,1-3H3/t15-,16-,19-,21-/m1/s1. The molecule has 11 heteroatoms. The molecule has 4 atom stereocenters. The second-order valence-electron chi connectivity index (χ2n) is 8.51. The average Bonchev–Trinajstić information content (AvgIpc) is 3.39. The maximum absolute atomic E-state index is 11.1. The maximum atomic E-state index is 11.1. The minimum absolute atomic E-state index is 0.0484. The Morgan fingerprint density at radius 3 is 2.81 bits per heavy atom. The van der Waals surface area contributed by atoms with Gasteiger partial charge in [0.05, 0.1) is 16.4 Å². The van der Waals surface area contributed by atoms with E-state index in [4.69, 9.17) is 30.5 Å². The van der Waals surface area contributed by atoms with E-state index in [-0.39, 0.29) is 12.3 Å². The number of ether oxygens (including phenoxy) is 4. The topological polar surface area (TPSA) is 111 Å². The zero-order valence-electron chi connectivity index (χ0n) is 17.6. The van der Waals surface area contributed by atoms with Crippen molar-refractivity contribution in [3.8, 4) is 5.75 Å². The Kier molecular flexibility index (Phi) is 4.86. The van der Waals surface area contributed by atoms with Crippen molar-refractivity contribution in [2.75, 3.05) is 6.61 Å². The van der Waals surface area contributed by atoms with E-state index in [9.17, 15) is 10.1 Å². The molecule has 2 aliphatic heterocycles. The molecule has 0 N–H and O–H groups in total. The lowest BCUT2D eigenvalue weighted by molar-refractivity contribution is -0.384. The Morgan fingerprint density at radius 1 is 1.22 bits per heavy atom. The summed E-state index contributed by atoms with van der Waals surface area (Å²) in [6, 6.07) is 7.85. The van der Waals surface area contributed by atoms with Crippen LogP contribution in [0.4, 0.5) is 5.69 Å². The molecule has 5 rings (SSSR count). The molecule has 168 valence electrons. The summed E-state index contributed by atoms with van der Waals surface area (Å²) in [6.07, 6.45) is 1.79. The van der Waals surface area contributed by atoms with Crippen molar-refractivity contribution in [3.63, 3.8) is 0 Å². The Balaban J connectivity index is 1.46.